The van der Waals surface area contributed by atoms with E-state index in [0.717, 1.165) is 5.56 Å². The van der Waals surface area contributed by atoms with Crippen LogP contribution < -0.4 is 4.74 Å². The zero-order valence-electron chi connectivity index (χ0n) is 17.8. The van der Waals surface area contributed by atoms with Gasteiger partial charge in [0.2, 0.25) is 0 Å². The highest BCUT2D eigenvalue weighted by Crippen LogP contribution is 2.17. The number of benzene rings is 1. The zero-order chi connectivity index (χ0) is 21.5. The normalized spacial score (nSPS) is 11.5. The summed E-state index contributed by atoms with van der Waals surface area (Å²) >= 11 is 0. The van der Waals surface area contributed by atoms with Gasteiger partial charge in [-0.1, -0.05) is 12.1 Å². The molecule has 0 atom stereocenters. The van der Waals surface area contributed by atoms with Gasteiger partial charge in [-0.25, -0.2) is 4.79 Å². The predicted molar refractivity (Wildman–Crippen MR) is 105 cm³/mol. The van der Waals surface area contributed by atoms with Crippen LogP contribution in [-0.4, -0.2) is 40.7 Å². The van der Waals surface area contributed by atoms with Crippen LogP contribution in [0.3, 0.4) is 0 Å². The summed E-state index contributed by atoms with van der Waals surface area (Å²) in [4.78, 5) is 37.0. The van der Waals surface area contributed by atoms with Gasteiger partial charge in [0.05, 0.1) is 6.42 Å². The molecule has 0 bridgehead atoms. The standard InChI is InChI=1S/C21H31NO6/c1-15(23)26-17-10-8-16(9-11-17)14-22(19(25)28-21(5,6)7)13-12-18(24)27-20(2,3)4/h8-11H,12-14H2,1-7H3. The molecular formula is C21H31NO6. The first-order chi connectivity index (χ1) is 12.7. The molecule has 156 valence electrons. The SMILES string of the molecule is CC(=O)Oc1ccc(CN(CCC(=O)OC(C)(C)C)C(=O)OC(C)(C)C)cc1. The van der Waals surface area contributed by atoms with Crippen LogP contribution in [0.4, 0.5) is 4.79 Å². The van der Waals surface area contributed by atoms with E-state index < -0.39 is 23.3 Å². The van der Waals surface area contributed by atoms with Crippen molar-refractivity contribution in [1.82, 2.24) is 4.90 Å². The maximum Gasteiger partial charge on any atom is 0.410 e. The summed E-state index contributed by atoms with van der Waals surface area (Å²) in [5, 5.41) is 0. The molecule has 0 spiro atoms. The third-order valence-electron chi connectivity index (χ3n) is 3.22. The number of esters is 2. The molecule has 1 aromatic rings. The van der Waals surface area contributed by atoms with E-state index >= 15 is 0 Å². The van der Waals surface area contributed by atoms with Gasteiger partial charge in [0, 0.05) is 20.0 Å². The molecule has 1 aromatic carbocycles. The number of amides is 1. The topological polar surface area (TPSA) is 82.1 Å². The van der Waals surface area contributed by atoms with E-state index in [4.69, 9.17) is 14.2 Å². The molecule has 0 saturated heterocycles. The van der Waals surface area contributed by atoms with Crippen molar-refractivity contribution in [1.29, 1.82) is 0 Å². The molecule has 7 nitrogen and oxygen atoms in total. The van der Waals surface area contributed by atoms with Crippen LogP contribution in [0, 0.1) is 0 Å². The quantitative estimate of drug-likeness (QED) is 0.535. The Morgan fingerprint density at radius 1 is 0.893 bits per heavy atom. The molecule has 0 aromatic heterocycles. The molecule has 0 aliphatic carbocycles. The minimum atomic E-state index is -0.652. The van der Waals surface area contributed by atoms with E-state index in [1.54, 1.807) is 65.8 Å². The maximum atomic E-state index is 12.6. The van der Waals surface area contributed by atoms with Crippen LogP contribution in [0.5, 0.6) is 5.75 Å². The lowest BCUT2D eigenvalue weighted by molar-refractivity contribution is -0.155. The van der Waals surface area contributed by atoms with Gasteiger partial charge in [-0.15, -0.1) is 0 Å². The first-order valence-corrected chi connectivity index (χ1v) is 9.22. The highest BCUT2D eigenvalue weighted by molar-refractivity contribution is 5.72. The number of rotatable bonds is 6. The van der Waals surface area contributed by atoms with Crippen LogP contribution in [-0.2, 0) is 25.6 Å². The van der Waals surface area contributed by atoms with E-state index in [-0.39, 0.29) is 25.5 Å². The lowest BCUT2D eigenvalue weighted by Gasteiger charge is -2.28. The van der Waals surface area contributed by atoms with Gasteiger partial charge < -0.3 is 19.1 Å². The summed E-state index contributed by atoms with van der Waals surface area (Å²) in [7, 11) is 0. The number of hydrogen-bond acceptors (Lipinski definition) is 6. The van der Waals surface area contributed by atoms with E-state index in [1.165, 1.54) is 11.8 Å². The molecule has 7 heteroatoms. The molecule has 1 amide bonds. The summed E-state index contributed by atoms with van der Waals surface area (Å²) in [5.74, 6) is -0.361. The van der Waals surface area contributed by atoms with Crippen LogP contribution in [0.15, 0.2) is 24.3 Å². The van der Waals surface area contributed by atoms with Gasteiger partial charge in [-0.05, 0) is 59.2 Å². The lowest BCUT2D eigenvalue weighted by atomic mass is 10.2. The van der Waals surface area contributed by atoms with Crippen molar-refractivity contribution in [3.63, 3.8) is 0 Å². The second-order valence-electron chi connectivity index (χ2n) is 8.48. The molecule has 0 unspecified atom stereocenters. The van der Waals surface area contributed by atoms with Crippen LogP contribution >= 0.6 is 0 Å². The number of carbonyl (C=O) groups is 3. The number of nitrogens with zero attached hydrogens (tertiary/aromatic N) is 1. The average Bonchev–Trinajstić information content (AvgIpc) is 2.49. The zero-order valence-corrected chi connectivity index (χ0v) is 17.8. The first kappa shape index (κ1) is 23.5. The van der Waals surface area contributed by atoms with Crippen LogP contribution in [0.2, 0.25) is 0 Å². The summed E-state index contributed by atoms with van der Waals surface area (Å²) in [5.41, 5.74) is -0.424. The molecule has 0 N–H and O–H groups in total. The maximum absolute atomic E-state index is 12.6. The van der Waals surface area contributed by atoms with Gasteiger partial charge in [0.25, 0.3) is 0 Å². The Balaban J connectivity index is 2.84. The lowest BCUT2D eigenvalue weighted by Crippen LogP contribution is -2.38. The van der Waals surface area contributed by atoms with Gasteiger partial charge in [0.1, 0.15) is 17.0 Å². The van der Waals surface area contributed by atoms with Crippen molar-refractivity contribution in [2.45, 2.75) is 72.6 Å². The summed E-state index contributed by atoms with van der Waals surface area (Å²) in [6.45, 7) is 12.5. The monoisotopic (exact) mass is 393 g/mol. The van der Waals surface area contributed by atoms with Gasteiger partial charge in [-0.2, -0.15) is 0 Å². The van der Waals surface area contributed by atoms with Gasteiger partial charge >= 0.3 is 18.0 Å². The minimum absolute atomic E-state index is 0.0576. The smallest absolute Gasteiger partial charge is 0.410 e. The predicted octanol–water partition coefficient (Wildman–Crippen LogP) is 4.08. The number of hydrogen-bond donors (Lipinski definition) is 0. The molecule has 0 fully saturated rings. The molecule has 1 rings (SSSR count). The highest BCUT2D eigenvalue weighted by atomic mass is 16.6. The summed E-state index contributed by atoms with van der Waals surface area (Å²) in [6, 6.07) is 6.81. The van der Waals surface area contributed by atoms with Gasteiger partial charge in [0.15, 0.2) is 0 Å². The van der Waals surface area contributed by atoms with Crippen molar-refractivity contribution in [3.05, 3.63) is 29.8 Å². The Kier molecular flexibility index (Phi) is 8.02. The Hall–Kier alpha value is -2.57. The number of ether oxygens (including phenoxy) is 3. The van der Waals surface area contributed by atoms with E-state index in [1.807, 2.05) is 0 Å². The third kappa shape index (κ3) is 9.94. The van der Waals surface area contributed by atoms with Crippen molar-refractivity contribution in [2.24, 2.45) is 0 Å². The minimum Gasteiger partial charge on any atom is -0.460 e. The van der Waals surface area contributed by atoms with Crippen molar-refractivity contribution in [2.75, 3.05) is 6.54 Å². The third-order valence-corrected chi connectivity index (χ3v) is 3.22. The number of carbonyl (C=O) groups excluding carboxylic acids is 3. The van der Waals surface area contributed by atoms with Crippen molar-refractivity contribution in [3.8, 4) is 5.75 Å². The van der Waals surface area contributed by atoms with Crippen LogP contribution in [0.1, 0.15) is 60.5 Å². The summed E-state index contributed by atoms with van der Waals surface area (Å²) in [6.07, 6.45) is -0.456. The largest absolute Gasteiger partial charge is 0.460 e. The molecule has 0 saturated carbocycles. The Bertz CT molecular complexity index is 682. The average molecular weight is 393 g/mol. The molecule has 28 heavy (non-hydrogen) atoms. The van der Waals surface area contributed by atoms with E-state index in [9.17, 15) is 14.4 Å². The molecular weight excluding hydrogens is 362 g/mol. The second kappa shape index (κ2) is 9.57. The first-order valence-electron chi connectivity index (χ1n) is 9.22. The molecule has 0 aliphatic heterocycles. The van der Waals surface area contributed by atoms with Crippen LogP contribution in [0.25, 0.3) is 0 Å². The summed E-state index contributed by atoms with van der Waals surface area (Å²) < 4.78 is 15.8. The molecule has 0 heterocycles. The van der Waals surface area contributed by atoms with E-state index in [0.29, 0.717) is 5.75 Å². The Labute approximate surface area is 166 Å². The van der Waals surface area contributed by atoms with Crippen molar-refractivity contribution >= 4 is 18.0 Å². The highest BCUT2D eigenvalue weighted by Gasteiger charge is 2.24. The Morgan fingerprint density at radius 2 is 1.43 bits per heavy atom. The molecule has 0 radical (unpaired) electrons. The fourth-order valence-corrected chi connectivity index (χ4v) is 2.23. The molecule has 0 aliphatic rings. The second-order valence-corrected chi connectivity index (χ2v) is 8.48. The van der Waals surface area contributed by atoms with Gasteiger partial charge in [-0.3, -0.25) is 9.59 Å². The Morgan fingerprint density at radius 3 is 1.89 bits per heavy atom. The fourth-order valence-electron chi connectivity index (χ4n) is 2.23. The van der Waals surface area contributed by atoms with E-state index in [2.05, 4.69) is 0 Å². The van der Waals surface area contributed by atoms with Crippen molar-refractivity contribution < 1.29 is 28.6 Å². The fraction of sp³-hybridized carbons (Fsp3) is 0.571.